The fourth-order valence-corrected chi connectivity index (χ4v) is 5.00. The highest BCUT2D eigenvalue weighted by Crippen LogP contribution is 2.54. The molecule has 0 saturated carbocycles. The van der Waals surface area contributed by atoms with Gasteiger partial charge in [-0.15, -0.1) is 0 Å². The zero-order chi connectivity index (χ0) is 18.5. The van der Waals surface area contributed by atoms with E-state index < -0.39 is 11.7 Å². The molecule has 26 heavy (non-hydrogen) atoms. The maximum atomic E-state index is 12.7. The summed E-state index contributed by atoms with van der Waals surface area (Å²) in [4.78, 5) is 13.5. The van der Waals surface area contributed by atoms with Gasteiger partial charge in [-0.2, -0.15) is 13.2 Å². The van der Waals surface area contributed by atoms with Crippen LogP contribution in [0, 0.1) is 11.8 Å². The van der Waals surface area contributed by atoms with Crippen molar-refractivity contribution in [1.82, 2.24) is 10.2 Å². The third kappa shape index (κ3) is 3.11. The summed E-state index contributed by atoms with van der Waals surface area (Å²) in [6, 6.07) is 5.40. The smallest absolute Gasteiger partial charge is 0.370 e. The molecule has 4 rings (SSSR count). The van der Waals surface area contributed by atoms with Crippen LogP contribution in [0.3, 0.4) is 0 Å². The number of amides is 1. The van der Waals surface area contributed by atoms with Crippen LogP contribution >= 0.6 is 0 Å². The van der Waals surface area contributed by atoms with Crippen molar-refractivity contribution in [3.63, 3.8) is 0 Å². The number of hydrogen-bond acceptors (Lipinski definition) is 3. The van der Waals surface area contributed by atoms with E-state index in [1.807, 2.05) is 0 Å². The van der Waals surface area contributed by atoms with Crippen molar-refractivity contribution in [3.05, 3.63) is 35.4 Å². The summed E-state index contributed by atoms with van der Waals surface area (Å²) >= 11 is 0. The Bertz CT molecular complexity index is 691. The molecule has 1 amide bonds. The van der Waals surface area contributed by atoms with Crippen LogP contribution in [0.5, 0.6) is 0 Å². The van der Waals surface area contributed by atoms with Crippen molar-refractivity contribution in [2.24, 2.45) is 11.8 Å². The van der Waals surface area contributed by atoms with Gasteiger partial charge in [0.15, 0.2) is 0 Å². The lowest BCUT2D eigenvalue weighted by atomic mass is 9.73. The van der Waals surface area contributed by atoms with E-state index >= 15 is 0 Å². The minimum atomic E-state index is -4.30. The van der Waals surface area contributed by atoms with Gasteiger partial charge in [0.25, 0.3) is 0 Å². The zero-order valence-electron chi connectivity index (χ0n) is 14.7. The molecule has 0 radical (unpaired) electrons. The van der Waals surface area contributed by atoms with E-state index in [0.717, 1.165) is 43.6 Å². The molecule has 3 saturated heterocycles. The summed E-state index contributed by atoms with van der Waals surface area (Å²) in [5.74, 6) is 0.675. The van der Waals surface area contributed by atoms with Gasteiger partial charge in [-0.25, -0.2) is 0 Å². The lowest BCUT2D eigenvalue weighted by molar-refractivity contribution is -0.137. The average Bonchev–Trinajstić information content (AvgIpc) is 3.20. The molecule has 3 fully saturated rings. The summed E-state index contributed by atoms with van der Waals surface area (Å²) in [5, 5.41) is 2.92. The molecule has 4 nitrogen and oxygen atoms in total. The van der Waals surface area contributed by atoms with E-state index in [1.54, 1.807) is 12.1 Å². The van der Waals surface area contributed by atoms with Crippen LogP contribution in [0.15, 0.2) is 24.3 Å². The Morgan fingerprint density at radius 1 is 1.35 bits per heavy atom. The van der Waals surface area contributed by atoms with E-state index in [1.165, 1.54) is 6.92 Å². The van der Waals surface area contributed by atoms with Crippen LogP contribution in [0.4, 0.5) is 13.2 Å². The molecule has 0 aliphatic carbocycles. The van der Waals surface area contributed by atoms with Crippen LogP contribution in [-0.4, -0.2) is 42.1 Å². The number of likely N-dealkylation sites (tertiary alicyclic amines) is 1. The Kier molecular flexibility index (Phi) is 4.27. The van der Waals surface area contributed by atoms with Crippen LogP contribution < -0.4 is 5.32 Å². The Labute approximate surface area is 150 Å². The number of carbonyl (C=O) groups excluding carboxylic acids is 1. The second-order valence-electron chi connectivity index (χ2n) is 7.83. The second kappa shape index (κ2) is 6.23. The summed E-state index contributed by atoms with van der Waals surface area (Å²) in [6.45, 7) is 4.46. The highest BCUT2D eigenvalue weighted by atomic mass is 19.4. The largest absolute Gasteiger partial charge is 0.416 e. The molecule has 3 heterocycles. The van der Waals surface area contributed by atoms with Crippen molar-refractivity contribution < 1.29 is 22.7 Å². The molecular formula is C19H23F3N2O2. The number of ether oxygens (including phenoxy) is 1. The number of nitrogens with zero attached hydrogens (tertiary/aromatic N) is 1. The monoisotopic (exact) mass is 368 g/mol. The third-order valence-electron chi connectivity index (χ3n) is 6.13. The number of fused-ring (bicyclic) bond motifs is 1. The first kappa shape index (κ1) is 17.8. The first-order valence-corrected chi connectivity index (χ1v) is 9.08. The number of benzene rings is 1. The SMILES string of the molecule is CC(=O)NC[C@H]1[C@H]2CN(Cc3ccc(C(F)(F)F)cc3)C[C@]23CC[C@H]1O3. The van der Waals surface area contributed by atoms with E-state index in [-0.39, 0.29) is 17.6 Å². The number of halogens is 3. The van der Waals surface area contributed by atoms with Crippen molar-refractivity contribution >= 4 is 5.91 Å². The standard InChI is InChI=1S/C19H23F3N2O2/c1-12(25)23-8-15-16-10-24(11-18(16)7-6-17(15)26-18)9-13-2-4-14(5-3-13)19(20,21)22/h2-5,15-17H,6-11H2,1H3,(H,23,25)/t15-,16+,17+,18+/m0/s1. The number of alkyl halides is 3. The Hall–Kier alpha value is -1.60. The van der Waals surface area contributed by atoms with Crippen molar-refractivity contribution in [3.8, 4) is 0 Å². The fourth-order valence-electron chi connectivity index (χ4n) is 5.00. The number of nitrogens with one attached hydrogen (secondary N) is 1. The van der Waals surface area contributed by atoms with E-state index in [0.29, 0.717) is 24.9 Å². The maximum Gasteiger partial charge on any atom is 0.416 e. The summed E-state index contributed by atoms with van der Waals surface area (Å²) < 4.78 is 44.4. The predicted octanol–water partition coefficient (Wildman–Crippen LogP) is 2.82. The highest BCUT2D eigenvalue weighted by Gasteiger charge is 2.62. The van der Waals surface area contributed by atoms with Crippen LogP contribution in [-0.2, 0) is 22.3 Å². The molecule has 0 aromatic heterocycles. The molecule has 1 aromatic rings. The van der Waals surface area contributed by atoms with Gasteiger partial charge in [-0.1, -0.05) is 12.1 Å². The first-order chi connectivity index (χ1) is 12.3. The number of carbonyl (C=O) groups is 1. The van der Waals surface area contributed by atoms with Gasteiger partial charge < -0.3 is 10.1 Å². The zero-order valence-corrected chi connectivity index (χ0v) is 14.7. The van der Waals surface area contributed by atoms with E-state index in [9.17, 15) is 18.0 Å². The van der Waals surface area contributed by atoms with Crippen molar-refractivity contribution in [2.45, 2.75) is 44.2 Å². The van der Waals surface area contributed by atoms with Crippen molar-refractivity contribution in [1.29, 1.82) is 0 Å². The Morgan fingerprint density at radius 2 is 2.08 bits per heavy atom. The molecule has 2 bridgehead atoms. The molecule has 1 N–H and O–H groups in total. The number of hydrogen-bond donors (Lipinski definition) is 1. The molecule has 1 aromatic carbocycles. The average molecular weight is 368 g/mol. The first-order valence-electron chi connectivity index (χ1n) is 9.08. The second-order valence-corrected chi connectivity index (χ2v) is 7.83. The van der Waals surface area contributed by atoms with Crippen LogP contribution in [0.2, 0.25) is 0 Å². The van der Waals surface area contributed by atoms with Gasteiger partial charge in [-0.3, -0.25) is 9.69 Å². The van der Waals surface area contributed by atoms with Gasteiger partial charge in [0.2, 0.25) is 5.91 Å². The quantitative estimate of drug-likeness (QED) is 0.889. The molecule has 1 spiro atoms. The molecule has 3 aliphatic heterocycles. The van der Waals surface area contributed by atoms with Gasteiger partial charge >= 0.3 is 6.18 Å². The number of rotatable bonds is 4. The summed E-state index contributed by atoms with van der Waals surface area (Å²) in [6.07, 6.45) is -2.02. The van der Waals surface area contributed by atoms with Crippen molar-refractivity contribution in [2.75, 3.05) is 19.6 Å². The molecule has 7 heteroatoms. The highest BCUT2D eigenvalue weighted by molar-refractivity contribution is 5.72. The molecule has 142 valence electrons. The summed E-state index contributed by atoms with van der Waals surface area (Å²) in [7, 11) is 0. The lowest BCUT2D eigenvalue weighted by Crippen LogP contribution is -2.41. The topological polar surface area (TPSA) is 41.6 Å². The van der Waals surface area contributed by atoms with Crippen LogP contribution in [0.25, 0.3) is 0 Å². The third-order valence-corrected chi connectivity index (χ3v) is 6.13. The molecule has 0 unspecified atom stereocenters. The molecule has 3 aliphatic rings. The predicted molar refractivity (Wildman–Crippen MR) is 89.2 cm³/mol. The van der Waals surface area contributed by atoms with Gasteiger partial charge in [-0.05, 0) is 30.5 Å². The molecule has 4 atom stereocenters. The van der Waals surface area contributed by atoms with Gasteiger partial charge in [0.1, 0.15) is 0 Å². The minimum absolute atomic E-state index is 0.0265. The summed E-state index contributed by atoms with van der Waals surface area (Å²) in [5.41, 5.74) is 0.123. The van der Waals surface area contributed by atoms with Gasteiger partial charge in [0.05, 0.1) is 17.3 Å². The van der Waals surface area contributed by atoms with Gasteiger partial charge in [0, 0.05) is 44.9 Å². The van der Waals surface area contributed by atoms with Crippen LogP contribution in [0.1, 0.15) is 30.9 Å². The molecular weight excluding hydrogens is 345 g/mol. The normalized spacial score (nSPS) is 33.5. The lowest BCUT2D eigenvalue weighted by Gasteiger charge is -2.29. The minimum Gasteiger partial charge on any atom is -0.370 e. The fraction of sp³-hybridized carbons (Fsp3) is 0.632. The Balaban J connectivity index is 1.42. The van der Waals surface area contributed by atoms with E-state index in [2.05, 4.69) is 10.2 Å². The Morgan fingerprint density at radius 3 is 2.73 bits per heavy atom. The van der Waals surface area contributed by atoms with E-state index in [4.69, 9.17) is 4.74 Å². The maximum absolute atomic E-state index is 12.7.